The van der Waals surface area contributed by atoms with Crippen LogP contribution in [0.15, 0.2) is 0 Å². The summed E-state index contributed by atoms with van der Waals surface area (Å²) in [5, 5.41) is 6.04. The Morgan fingerprint density at radius 2 is 2.35 bits per heavy atom. The molecule has 1 amide bonds. The van der Waals surface area contributed by atoms with Gasteiger partial charge in [0.2, 0.25) is 0 Å². The molecular weight excluding hydrogens is 244 g/mol. The molecule has 0 aliphatic carbocycles. The summed E-state index contributed by atoms with van der Waals surface area (Å²) in [6.45, 7) is 5.44. The molecule has 2 aliphatic rings. The SMILES string of the molecule is CC1(CNC(=O)C2CNCCO2)CCCO1.Cl. The van der Waals surface area contributed by atoms with Crippen LogP contribution in [0, 0.1) is 0 Å². The summed E-state index contributed by atoms with van der Waals surface area (Å²) in [7, 11) is 0. The predicted molar refractivity (Wildman–Crippen MR) is 66.5 cm³/mol. The lowest BCUT2D eigenvalue weighted by atomic mass is 10.0. The number of rotatable bonds is 3. The molecule has 0 saturated carbocycles. The number of nitrogens with one attached hydrogen (secondary N) is 2. The molecular formula is C11H21ClN2O3. The van der Waals surface area contributed by atoms with Crippen LogP contribution in [-0.2, 0) is 14.3 Å². The molecule has 2 heterocycles. The number of ether oxygens (including phenoxy) is 2. The Hall–Kier alpha value is -0.360. The lowest BCUT2D eigenvalue weighted by molar-refractivity contribution is -0.135. The molecule has 2 N–H and O–H groups in total. The fourth-order valence-corrected chi connectivity index (χ4v) is 2.10. The van der Waals surface area contributed by atoms with Gasteiger partial charge in [0, 0.05) is 26.2 Å². The number of carbonyl (C=O) groups excluding carboxylic acids is 1. The Balaban J connectivity index is 0.00000144. The molecule has 0 aromatic carbocycles. The van der Waals surface area contributed by atoms with Crippen molar-refractivity contribution in [3.8, 4) is 0 Å². The van der Waals surface area contributed by atoms with Crippen molar-refractivity contribution in [1.29, 1.82) is 0 Å². The van der Waals surface area contributed by atoms with Gasteiger partial charge in [-0.1, -0.05) is 0 Å². The van der Waals surface area contributed by atoms with Gasteiger partial charge in [-0.15, -0.1) is 12.4 Å². The Bertz CT molecular complexity index is 251. The fourth-order valence-electron chi connectivity index (χ4n) is 2.10. The van der Waals surface area contributed by atoms with Gasteiger partial charge in [-0.05, 0) is 19.8 Å². The van der Waals surface area contributed by atoms with E-state index in [2.05, 4.69) is 10.6 Å². The third kappa shape index (κ3) is 4.10. The van der Waals surface area contributed by atoms with E-state index in [-0.39, 0.29) is 30.0 Å². The van der Waals surface area contributed by atoms with Crippen molar-refractivity contribution in [1.82, 2.24) is 10.6 Å². The number of carbonyl (C=O) groups is 1. The molecule has 0 bridgehead atoms. The molecule has 100 valence electrons. The molecule has 0 radical (unpaired) electrons. The smallest absolute Gasteiger partial charge is 0.250 e. The van der Waals surface area contributed by atoms with E-state index < -0.39 is 0 Å². The van der Waals surface area contributed by atoms with Crippen molar-refractivity contribution in [3.05, 3.63) is 0 Å². The van der Waals surface area contributed by atoms with E-state index in [1.54, 1.807) is 0 Å². The third-order valence-electron chi connectivity index (χ3n) is 3.16. The second kappa shape index (κ2) is 6.54. The minimum atomic E-state index is -0.348. The molecule has 2 rings (SSSR count). The van der Waals surface area contributed by atoms with Crippen LogP contribution in [0.2, 0.25) is 0 Å². The molecule has 2 atom stereocenters. The highest BCUT2D eigenvalue weighted by Gasteiger charge is 2.31. The number of morpholine rings is 1. The van der Waals surface area contributed by atoms with Gasteiger partial charge in [0.1, 0.15) is 6.10 Å². The Labute approximate surface area is 108 Å². The summed E-state index contributed by atoms with van der Waals surface area (Å²) >= 11 is 0. The molecule has 6 heteroatoms. The van der Waals surface area contributed by atoms with Gasteiger partial charge in [0.25, 0.3) is 5.91 Å². The van der Waals surface area contributed by atoms with Crippen LogP contribution in [0.1, 0.15) is 19.8 Å². The van der Waals surface area contributed by atoms with Crippen molar-refractivity contribution >= 4 is 18.3 Å². The van der Waals surface area contributed by atoms with Gasteiger partial charge < -0.3 is 20.1 Å². The average Bonchev–Trinajstić information content (AvgIpc) is 2.75. The predicted octanol–water partition coefficient (Wildman–Crippen LogP) is 0.0819. The summed E-state index contributed by atoms with van der Waals surface area (Å²) in [5.74, 6) is -0.0380. The van der Waals surface area contributed by atoms with Crippen molar-refractivity contribution < 1.29 is 14.3 Å². The van der Waals surface area contributed by atoms with Crippen LogP contribution in [0.25, 0.3) is 0 Å². The lowest BCUT2D eigenvalue weighted by Crippen LogP contribution is -2.50. The monoisotopic (exact) mass is 264 g/mol. The molecule has 2 unspecified atom stereocenters. The number of hydrogen-bond acceptors (Lipinski definition) is 4. The molecule has 0 aromatic rings. The summed E-state index contributed by atoms with van der Waals surface area (Å²) < 4.78 is 11.0. The first-order valence-corrected chi connectivity index (χ1v) is 5.94. The first-order valence-electron chi connectivity index (χ1n) is 5.94. The van der Waals surface area contributed by atoms with Crippen LogP contribution < -0.4 is 10.6 Å². The fraction of sp³-hybridized carbons (Fsp3) is 0.909. The maximum absolute atomic E-state index is 11.8. The Kier molecular flexibility index (Phi) is 5.66. The van der Waals surface area contributed by atoms with Gasteiger partial charge in [-0.2, -0.15) is 0 Å². The normalized spacial score (nSPS) is 32.9. The summed E-state index contributed by atoms with van der Waals surface area (Å²) in [5.41, 5.74) is -0.183. The highest BCUT2D eigenvalue weighted by molar-refractivity contribution is 5.85. The maximum Gasteiger partial charge on any atom is 0.250 e. The van der Waals surface area contributed by atoms with Crippen LogP contribution in [0.4, 0.5) is 0 Å². The quantitative estimate of drug-likeness (QED) is 0.758. The van der Waals surface area contributed by atoms with E-state index in [1.165, 1.54) is 0 Å². The molecule has 17 heavy (non-hydrogen) atoms. The van der Waals surface area contributed by atoms with Gasteiger partial charge in [0.15, 0.2) is 0 Å². The molecule has 2 fully saturated rings. The number of halogens is 1. The van der Waals surface area contributed by atoms with E-state index in [1.807, 2.05) is 6.92 Å². The number of hydrogen-bond donors (Lipinski definition) is 2. The lowest BCUT2D eigenvalue weighted by Gasteiger charge is -2.27. The highest BCUT2D eigenvalue weighted by atomic mass is 35.5. The summed E-state index contributed by atoms with van der Waals surface area (Å²) in [6, 6.07) is 0. The zero-order chi connectivity index (χ0) is 11.4. The van der Waals surface area contributed by atoms with Crippen molar-refractivity contribution in [2.24, 2.45) is 0 Å². The van der Waals surface area contributed by atoms with Gasteiger partial charge in [-0.25, -0.2) is 0 Å². The van der Waals surface area contributed by atoms with Crippen LogP contribution in [0.5, 0.6) is 0 Å². The first-order chi connectivity index (χ1) is 7.70. The van der Waals surface area contributed by atoms with Crippen LogP contribution in [0.3, 0.4) is 0 Å². The average molecular weight is 265 g/mol. The molecule has 5 nitrogen and oxygen atoms in total. The number of amides is 1. The largest absolute Gasteiger partial charge is 0.373 e. The van der Waals surface area contributed by atoms with E-state index in [0.29, 0.717) is 19.7 Å². The van der Waals surface area contributed by atoms with Crippen molar-refractivity contribution in [2.45, 2.75) is 31.5 Å². The van der Waals surface area contributed by atoms with Crippen molar-refractivity contribution in [2.75, 3.05) is 32.8 Å². The Morgan fingerprint density at radius 3 is 2.94 bits per heavy atom. The van der Waals surface area contributed by atoms with E-state index in [0.717, 1.165) is 26.0 Å². The van der Waals surface area contributed by atoms with Gasteiger partial charge in [-0.3, -0.25) is 4.79 Å². The molecule has 0 aromatic heterocycles. The Morgan fingerprint density at radius 1 is 1.53 bits per heavy atom. The summed E-state index contributed by atoms with van der Waals surface area (Å²) in [6.07, 6.45) is 1.74. The second-order valence-electron chi connectivity index (χ2n) is 4.68. The minimum absolute atomic E-state index is 0. The molecule has 0 spiro atoms. The highest BCUT2D eigenvalue weighted by Crippen LogP contribution is 2.23. The van der Waals surface area contributed by atoms with Crippen LogP contribution >= 0.6 is 12.4 Å². The van der Waals surface area contributed by atoms with Crippen molar-refractivity contribution in [3.63, 3.8) is 0 Å². The van der Waals surface area contributed by atoms with Gasteiger partial charge in [0.05, 0.1) is 12.2 Å². The third-order valence-corrected chi connectivity index (χ3v) is 3.16. The molecule has 2 saturated heterocycles. The standard InChI is InChI=1S/C11H20N2O3.ClH/c1-11(3-2-5-16-11)8-13-10(14)9-7-12-4-6-15-9;/h9,12H,2-8H2,1H3,(H,13,14);1H. The minimum Gasteiger partial charge on any atom is -0.373 e. The summed E-state index contributed by atoms with van der Waals surface area (Å²) in [4.78, 5) is 11.8. The second-order valence-corrected chi connectivity index (χ2v) is 4.68. The van der Waals surface area contributed by atoms with E-state index >= 15 is 0 Å². The van der Waals surface area contributed by atoms with Crippen LogP contribution in [-0.4, -0.2) is 50.5 Å². The topological polar surface area (TPSA) is 59.6 Å². The maximum atomic E-state index is 11.8. The molecule has 2 aliphatic heterocycles. The van der Waals surface area contributed by atoms with E-state index in [4.69, 9.17) is 9.47 Å². The van der Waals surface area contributed by atoms with E-state index in [9.17, 15) is 4.79 Å². The zero-order valence-electron chi connectivity index (χ0n) is 10.2. The zero-order valence-corrected chi connectivity index (χ0v) is 11.0. The first kappa shape index (κ1) is 14.7. The van der Waals surface area contributed by atoms with Gasteiger partial charge >= 0.3 is 0 Å².